The highest BCUT2D eigenvalue weighted by Crippen LogP contribution is 2.47. The molecule has 0 radical (unpaired) electrons. The summed E-state index contributed by atoms with van der Waals surface area (Å²) in [6, 6.07) is 45.0. The van der Waals surface area contributed by atoms with Crippen LogP contribution >= 0.6 is 11.3 Å². The van der Waals surface area contributed by atoms with Crippen molar-refractivity contribution in [3.05, 3.63) is 139 Å². The highest BCUT2D eigenvalue weighted by Gasteiger charge is 2.32. The lowest BCUT2D eigenvalue weighted by Gasteiger charge is -2.24. The van der Waals surface area contributed by atoms with Gasteiger partial charge in [-0.25, -0.2) is 4.99 Å². The zero-order valence-electron chi connectivity index (χ0n) is 22.9. The molecule has 0 spiro atoms. The number of hydrogen-bond donors (Lipinski definition) is 1. The summed E-state index contributed by atoms with van der Waals surface area (Å²) in [4.78, 5) is 5.51. The monoisotopic (exact) mass is 569 g/mol. The molecule has 4 heterocycles. The van der Waals surface area contributed by atoms with Crippen LogP contribution in [0, 0.1) is 0 Å². The molecule has 6 aromatic carbocycles. The molecule has 1 aliphatic rings. The minimum atomic E-state index is -0.313. The first-order valence-electron chi connectivity index (χ1n) is 14.5. The first kappa shape index (κ1) is 23.2. The van der Waals surface area contributed by atoms with E-state index in [1.807, 2.05) is 23.5 Å². The van der Waals surface area contributed by atoms with Crippen molar-refractivity contribution >= 4 is 86.7 Å². The molecule has 9 aromatic rings. The number of aromatic nitrogens is 1. The molecule has 5 heteroatoms. The second-order valence-corrected chi connectivity index (χ2v) is 12.3. The van der Waals surface area contributed by atoms with Crippen molar-refractivity contribution in [2.45, 2.75) is 6.04 Å². The van der Waals surface area contributed by atoms with E-state index in [0.29, 0.717) is 0 Å². The van der Waals surface area contributed by atoms with E-state index in [1.54, 1.807) is 0 Å². The molecule has 43 heavy (non-hydrogen) atoms. The topological polar surface area (TPSA) is 42.5 Å². The van der Waals surface area contributed by atoms with Gasteiger partial charge in [0.1, 0.15) is 11.6 Å². The third-order valence-corrected chi connectivity index (χ3v) is 10.1. The fourth-order valence-electron chi connectivity index (χ4n) is 6.90. The fraction of sp³-hybridized carbons (Fsp3) is 0.0263. The van der Waals surface area contributed by atoms with Gasteiger partial charge in [-0.3, -0.25) is 4.57 Å². The van der Waals surface area contributed by atoms with E-state index in [1.165, 1.54) is 41.7 Å². The van der Waals surface area contributed by atoms with Crippen LogP contribution in [0.15, 0.2) is 137 Å². The van der Waals surface area contributed by atoms with E-state index in [4.69, 9.17) is 9.41 Å². The van der Waals surface area contributed by atoms with Crippen LogP contribution in [0.2, 0.25) is 0 Å². The van der Waals surface area contributed by atoms with Gasteiger partial charge in [0, 0.05) is 41.9 Å². The van der Waals surface area contributed by atoms with Gasteiger partial charge >= 0.3 is 0 Å². The molecular weight excluding hydrogens is 547 g/mol. The van der Waals surface area contributed by atoms with Crippen LogP contribution < -0.4 is 5.32 Å². The number of nitrogens with zero attached hydrogens (tertiary/aromatic N) is 2. The number of thiophene rings is 1. The summed E-state index contributed by atoms with van der Waals surface area (Å²) in [6.07, 6.45) is 0. The maximum atomic E-state index is 6.60. The molecule has 0 fully saturated rings. The number of anilines is 1. The van der Waals surface area contributed by atoms with Gasteiger partial charge in [0.05, 0.1) is 16.7 Å². The second-order valence-electron chi connectivity index (χ2n) is 11.2. The van der Waals surface area contributed by atoms with E-state index in [2.05, 4.69) is 125 Å². The third-order valence-electron chi connectivity index (χ3n) is 8.84. The number of aliphatic imine (C=N–C) groups is 1. The fourth-order valence-corrected chi connectivity index (χ4v) is 8.14. The SMILES string of the molecule is c1ccc2cc3c(cc2c1)c1ccccc1n3C1=NC(c2cccc3c2sc2ccccc23)c2oc3ccccc3c2N1. The van der Waals surface area contributed by atoms with Gasteiger partial charge in [0.25, 0.3) is 0 Å². The van der Waals surface area contributed by atoms with Crippen molar-refractivity contribution in [1.82, 2.24) is 4.57 Å². The average Bonchev–Trinajstić information content (AvgIpc) is 3.73. The minimum Gasteiger partial charge on any atom is -0.456 e. The highest BCUT2D eigenvalue weighted by molar-refractivity contribution is 7.26. The molecule has 3 aromatic heterocycles. The van der Waals surface area contributed by atoms with Crippen molar-refractivity contribution in [2.75, 3.05) is 5.32 Å². The molecule has 0 bridgehead atoms. The smallest absolute Gasteiger partial charge is 0.208 e. The van der Waals surface area contributed by atoms with Crippen LogP contribution in [-0.4, -0.2) is 10.5 Å². The molecule has 1 unspecified atom stereocenters. The van der Waals surface area contributed by atoms with E-state index in [0.717, 1.165) is 45.0 Å². The summed E-state index contributed by atoms with van der Waals surface area (Å²) in [5, 5.41) is 12.2. The number of para-hydroxylation sites is 2. The Balaban J connectivity index is 1.30. The number of hydrogen-bond acceptors (Lipinski definition) is 4. The van der Waals surface area contributed by atoms with Gasteiger partial charge in [-0.05, 0) is 47.2 Å². The lowest BCUT2D eigenvalue weighted by atomic mass is 10.00. The molecular formula is C38H23N3OS. The largest absolute Gasteiger partial charge is 0.456 e. The van der Waals surface area contributed by atoms with E-state index >= 15 is 0 Å². The third kappa shape index (κ3) is 3.23. The quantitative estimate of drug-likeness (QED) is 0.214. The summed E-state index contributed by atoms with van der Waals surface area (Å²) >= 11 is 1.83. The first-order valence-corrected chi connectivity index (χ1v) is 15.3. The summed E-state index contributed by atoms with van der Waals surface area (Å²) < 4.78 is 11.4. The molecule has 0 amide bonds. The lowest BCUT2D eigenvalue weighted by molar-refractivity contribution is 0.526. The maximum Gasteiger partial charge on any atom is 0.208 e. The average molecular weight is 570 g/mol. The summed E-state index contributed by atoms with van der Waals surface area (Å²) in [5.41, 5.74) is 5.24. The zero-order chi connectivity index (χ0) is 28.1. The number of nitrogens with one attached hydrogen (secondary N) is 1. The van der Waals surface area contributed by atoms with Gasteiger partial charge in [-0.2, -0.15) is 0 Å². The molecule has 4 nitrogen and oxygen atoms in total. The molecule has 10 rings (SSSR count). The van der Waals surface area contributed by atoms with Gasteiger partial charge in [0.2, 0.25) is 5.96 Å². The lowest BCUT2D eigenvalue weighted by Crippen LogP contribution is -2.27. The summed E-state index contributed by atoms with van der Waals surface area (Å²) in [7, 11) is 0. The Kier molecular flexibility index (Phi) is 4.62. The number of rotatable bonds is 1. The van der Waals surface area contributed by atoms with Crippen molar-refractivity contribution < 1.29 is 4.42 Å². The van der Waals surface area contributed by atoms with Crippen molar-refractivity contribution in [3.63, 3.8) is 0 Å². The number of fused-ring (bicyclic) bond motifs is 10. The van der Waals surface area contributed by atoms with Gasteiger partial charge in [0.15, 0.2) is 5.76 Å². The summed E-state index contributed by atoms with van der Waals surface area (Å²) in [6.45, 7) is 0. The number of benzene rings is 6. The summed E-state index contributed by atoms with van der Waals surface area (Å²) in [5.74, 6) is 1.64. The van der Waals surface area contributed by atoms with Crippen LogP contribution in [0.4, 0.5) is 5.69 Å². The highest BCUT2D eigenvalue weighted by atomic mass is 32.1. The van der Waals surface area contributed by atoms with Gasteiger partial charge < -0.3 is 9.73 Å². The maximum absolute atomic E-state index is 6.60. The molecule has 0 saturated heterocycles. The molecule has 202 valence electrons. The standard InChI is InChI=1S/C38H23N3OS/c1-2-11-23-21-31-29(20-22(23)10-1)24-12-3-6-17-30(24)41(31)38-39-34-27-14-4-7-18-32(27)42-36(34)35(40-38)28-16-9-15-26-25-13-5-8-19-33(25)43-37(26)28/h1-21,35H,(H,39,40). The molecule has 0 aliphatic carbocycles. The van der Waals surface area contributed by atoms with Gasteiger partial charge in [-0.15, -0.1) is 11.3 Å². The Labute approximate surface area is 250 Å². The van der Waals surface area contributed by atoms with Crippen molar-refractivity contribution in [1.29, 1.82) is 0 Å². The predicted octanol–water partition coefficient (Wildman–Crippen LogP) is 10.5. The first-order chi connectivity index (χ1) is 21.3. The normalized spacial score (nSPS) is 15.1. The van der Waals surface area contributed by atoms with Crippen LogP contribution in [-0.2, 0) is 0 Å². The molecule has 1 aliphatic heterocycles. The molecule has 1 atom stereocenters. The van der Waals surface area contributed by atoms with Crippen molar-refractivity contribution in [3.8, 4) is 0 Å². The Morgan fingerprint density at radius 2 is 1.35 bits per heavy atom. The molecule has 1 N–H and O–H groups in total. The van der Waals surface area contributed by atoms with Crippen LogP contribution in [0.5, 0.6) is 0 Å². The second kappa shape index (κ2) is 8.57. The van der Waals surface area contributed by atoms with Crippen LogP contribution in [0.25, 0.3) is 63.7 Å². The Morgan fingerprint density at radius 3 is 2.26 bits per heavy atom. The Morgan fingerprint density at radius 1 is 0.628 bits per heavy atom. The minimum absolute atomic E-state index is 0.313. The number of furan rings is 1. The van der Waals surface area contributed by atoms with Crippen LogP contribution in [0.1, 0.15) is 17.4 Å². The van der Waals surface area contributed by atoms with Crippen LogP contribution in [0.3, 0.4) is 0 Å². The van der Waals surface area contributed by atoms with Crippen molar-refractivity contribution in [2.24, 2.45) is 4.99 Å². The Bertz CT molecular complexity index is 2620. The van der Waals surface area contributed by atoms with Gasteiger partial charge in [-0.1, -0.05) is 91.0 Å². The van der Waals surface area contributed by atoms with E-state index in [9.17, 15) is 0 Å². The molecule has 0 saturated carbocycles. The predicted molar refractivity (Wildman–Crippen MR) is 181 cm³/mol. The van der Waals surface area contributed by atoms with E-state index < -0.39 is 0 Å². The zero-order valence-corrected chi connectivity index (χ0v) is 23.7. The Hall–Kier alpha value is -5.39. The van der Waals surface area contributed by atoms with E-state index in [-0.39, 0.29) is 6.04 Å².